The highest BCUT2D eigenvalue weighted by molar-refractivity contribution is 6.42. The van der Waals surface area contributed by atoms with Crippen molar-refractivity contribution in [3.8, 4) is 5.75 Å². The number of anilines is 2. The van der Waals surface area contributed by atoms with Crippen LogP contribution < -0.4 is 15.4 Å². The van der Waals surface area contributed by atoms with Gasteiger partial charge in [-0.05, 0) is 55.9 Å². The third-order valence-electron chi connectivity index (χ3n) is 6.90. The van der Waals surface area contributed by atoms with E-state index in [1.807, 2.05) is 51.2 Å². The molecule has 3 N–H and O–H groups in total. The largest absolute Gasteiger partial charge is 0.486 e. The summed E-state index contributed by atoms with van der Waals surface area (Å²) in [5.41, 5.74) is 2.33. The molecule has 3 aromatic carbocycles. The number of benzene rings is 3. The summed E-state index contributed by atoms with van der Waals surface area (Å²) >= 11 is 12.3. The molecule has 212 valence electrons. The number of para-hydroxylation sites is 2. The first-order valence-corrected chi connectivity index (χ1v) is 13.9. The van der Waals surface area contributed by atoms with Gasteiger partial charge in [0.1, 0.15) is 6.10 Å². The van der Waals surface area contributed by atoms with Crippen LogP contribution in [0.25, 0.3) is 0 Å². The number of fused-ring (bicyclic) bond motifs is 1. The van der Waals surface area contributed by atoms with Gasteiger partial charge in [-0.25, -0.2) is 4.79 Å². The first-order valence-electron chi connectivity index (χ1n) is 13.1. The first-order chi connectivity index (χ1) is 19.2. The Labute approximate surface area is 244 Å². The highest BCUT2D eigenvalue weighted by atomic mass is 35.5. The predicted octanol–water partition coefficient (Wildman–Crippen LogP) is 5.99. The summed E-state index contributed by atoms with van der Waals surface area (Å²) in [6, 6.07) is 18.9. The second-order valence-corrected chi connectivity index (χ2v) is 11.0. The van der Waals surface area contributed by atoms with Crippen LogP contribution >= 0.6 is 23.2 Å². The van der Waals surface area contributed by atoms with Crippen LogP contribution in [0.1, 0.15) is 29.8 Å². The maximum atomic E-state index is 13.7. The Kier molecular flexibility index (Phi) is 9.92. The Morgan fingerprint density at radius 3 is 2.55 bits per heavy atom. The number of hydrogen-bond donors (Lipinski definition) is 3. The number of carbonyl (C=O) groups excluding carboxylic acids is 2. The zero-order chi connectivity index (χ0) is 28.8. The maximum absolute atomic E-state index is 13.7. The Bertz CT molecular complexity index is 1340. The first kappa shape index (κ1) is 29.7. The summed E-state index contributed by atoms with van der Waals surface area (Å²) in [4.78, 5) is 30.3. The third kappa shape index (κ3) is 7.26. The SMILES string of the molecule is C[C@H]1CN([C@@H](C)CO)C(=O)c2cccc(NC(=O)Nc3ccccc3)c2O[C@@H]1CN(C)Cc1ccc(Cl)c(Cl)c1. The van der Waals surface area contributed by atoms with E-state index in [0.717, 1.165) is 5.56 Å². The molecule has 40 heavy (non-hydrogen) atoms. The van der Waals surface area contributed by atoms with Gasteiger partial charge in [-0.3, -0.25) is 9.69 Å². The van der Waals surface area contributed by atoms with Crippen LogP contribution in [0.15, 0.2) is 66.7 Å². The van der Waals surface area contributed by atoms with E-state index in [2.05, 4.69) is 15.5 Å². The minimum atomic E-state index is -0.459. The lowest BCUT2D eigenvalue weighted by Gasteiger charge is -2.38. The van der Waals surface area contributed by atoms with Crippen molar-refractivity contribution in [2.75, 3.05) is 37.4 Å². The Balaban J connectivity index is 1.63. The number of aliphatic hydroxyl groups is 1. The smallest absolute Gasteiger partial charge is 0.323 e. The summed E-state index contributed by atoms with van der Waals surface area (Å²) in [7, 11) is 1.98. The fraction of sp³-hybridized carbons (Fsp3) is 0.333. The van der Waals surface area contributed by atoms with Crippen LogP contribution in [0, 0.1) is 5.92 Å². The number of likely N-dealkylation sites (N-methyl/N-ethyl adjacent to an activating group) is 1. The number of amides is 3. The molecule has 8 nitrogen and oxygen atoms in total. The van der Waals surface area contributed by atoms with Crippen molar-refractivity contribution in [1.29, 1.82) is 0 Å². The quantitative estimate of drug-likeness (QED) is 0.302. The zero-order valence-corrected chi connectivity index (χ0v) is 24.2. The van der Waals surface area contributed by atoms with Crippen LogP contribution in [-0.4, -0.2) is 65.7 Å². The molecule has 0 unspecified atom stereocenters. The Morgan fingerprint density at radius 1 is 1.10 bits per heavy atom. The van der Waals surface area contributed by atoms with Gasteiger partial charge in [-0.1, -0.05) is 60.5 Å². The van der Waals surface area contributed by atoms with Gasteiger partial charge in [0.05, 0.1) is 33.9 Å². The van der Waals surface area contributed by atoms with E-state index >= 15 is 0 Å². The van der Waals surface area contributed by atoms with Crippen LogP contribution in [0.3, 0.4) is 0 Å². The molecule has 10 heteroatoms. The minimum absolute atomic E-state index is 0.0893. The highest BCUT2D eigenvalue weighted by Crippen LogP contribution is 2.35. The molecule has 0 radical (unpaired) electrons. The molecule has 3 aromatic rings. The van der Waals surface area contributed by atoms with Gasteiger partial charge in [0.2, 0.25) is 0 Å². The number of halogens is 2. The van der Waals surface area contributed by atoms with Gasteiger partial charge in [-0.2, -0.15) is 0 Å². The highest BCUT2D eigenvalue weighted by Gasteiger charge is 2.34. The molecule has 3 amide bonds. The number of rotatable bonds is 8. The molecule has 0 aliphatic carbocycles. The molecule has 4 rings (SSSR count). The van der Waals surface area contributed by atoms with Gasteiger partial charge in [0.15, 0.2) is 5.75 Å². The van der Waals surface area contributed by atoms with Gasteiger partial charge in [0, 0.05) is 31.2 Å². The molecule has 0 saturated carbocycles. The normalized spacial score (nSPS) is 17.9. The summed E-state index contributed by atoms with van der Waals surface area (Å²) in [5.74, 6) is -0.0583. The number of carbonyl (C=O) groups is 2. The number of nitrogens with one attached hydrogen (secondary N) is 2. The molecule has 1 heterocycles. The van der Waals surface area contributed by atoms with E-state index in [1.54, 1.807) is 41.3 Å². The average Bonchev–Trinajstić information content (AvgIpc) is 2.93. The van der Waals surface area contributed by atoms with Gasteiger partial charge < -0.3 is 25.4 Å². The lowest BCUT2D eigenvalue weighted by molar-refractivity contribution is 0.0343. The van der Waals surface area contributed by atoms with Gasteiger partial charge >= 0.3 is 6.03 Å². The van der Waals surface area contributed by atoms with Gasteiger partial charge in [0.25, 0.3) is 5.91 Å². The summed E-state index contributed by atoms with van der Waals surface area (Å²) in [6.45, 7) is 5.19. The van der Waals surface area contributed by atoms with E-state index in [0.29, 0.717) is 52.4 Å². The topological polar surface area (TPSA) is 94.1 Å². The van der Waals surface area contributed by atoms with Crippen LogP contribution in [0.5, 0.6) is 5.75 Å². The summed E-state index contributed by atoms with van der Waals surface area (Å²) in [5, 5.41) is 16.6. The monoisotopic (exact) mass is 584 g/mol. The van der Waals surface area contributed by atoms with Crippen LogP contribution in [0.4, 0.5) is 16.2 Å². The van der Waals surface area contributed by atoms with Crippen molar-refractivity contribution < 1.29 is 19.4 Å². The molecule has 3 atom stereocenters. The molecule has 0 saturated heterocycles. The van der Waals surface area contributed by atoms with Crippen molar-refractivity contribution in [3.63, 3.8) is 0 Å². The van der Waals surface area contributed by atoms with Crippen LogP contribution in [-0.2, 0) is 6.54 Å². The number of aliphatic hydroxyl groups excluding tert-OH is 1. The van der Waals surface area contributed by atoms with Crippen molar-refractivity contribution in [3.05, 3.63) is 87.9 Å². The average molecular weight is 586 g/mol. The van der Waals surface area contributed by atoms with Crippen LogP contribution in [0.2, 0.25) is 10.0 Å². The minimum Gasteiger partial charge on any atom is -0.486 e. The number of ether oxygens (including phenoxy) is 1. The molecule has 1 aliphatic heterocycles. The standard InChI is InChI=1S/C30H34Cl2N4O4/c1-19-15-36(20(2)18-37)29(38)23-10-7-11-26(34-30(39)33-22-8-5-4-6-9-22)28(23)40-27(19)17-35(3)16-21-12-13-24(31)25(32)14-21/h4-14,19-20,27,37H,15-18H2,1-3H3,(H2,33,34,39)/t19-,20-,27+/m0/s1. The number of nitrogens with zero attached hydrogens (tertiary/aromatic N) is 2. The molecule has 0 spiro atoms. The molecule has 1 aliphatic rings. The van der Waals surface area contributed by atoms with Gasteiger partial charge in [-0.15, -0.1) is 0 Å². The van der Waals surface area contributed by atoms with Crippen molar-refractivity contribution in [2.24, 2.45) is 5.92 Å². The second-order valence-electron chi connectivity index (χ2n) is 10.2. The maximum Gasteiger partial charge on any atom is 0.323 e. The molecular formula is C30H34Cl2N4O4. The second kappa shape index (κ2) is 13.4. The number of urea groups is 1. The zero-order valence-electron chi connectivity index (χ0n) is 22.7. The lowest BCUT2D eigenvalue weighted by Crippen LogP contribution is -2.49. The van der Waals surface area contributed by atoms with E-state index < -0.39 is 12.1 Å². The number of hydrogen-bond acceptors (Lipinski definition) is 5. The van der Waals surface area contributed by atoms with Crippen molar-refractivity contribution in [1.82, 2.24) is 9.80 Å². The van der Waals surface area contributed by atoms with Crippen molar-refractivity contribution in [2.45, 2.75) is 32.5 Å². The lowest BCUT2D eigenvalue weighted by atomic mass is 9.99. The Morgan fingerprint density at radius 2 is 1.85 bits per heavy atom. The van der Waals surface area contributed by atoms with E-state index in [9.17, 15) is 14.7 Å². The molecular weight excluding hydrogens is 551 g/mol. The fourth-order valence-corrected chi connectivity index (χ4v) is 5.01. The Hall–Kier alpha value is -3.30. The van der Waals surface area contributed by atoms with Crippen molar-refractivity contribution >= 4 is 46.5 Å². The summed E-state index contributed by atoms with van der Waals surface area (Å²) < 4.78 is 6.57. The third-order valence-corrected chi connectivity index (χ3v) is 7.64. The van der Waals surface area contributed by atoms with E-state index in [4.69, 9.17) is 27.9 Å². The summed E-state index contributed by atoms with van der Waals surface area (Å²) in [6.07, 6.45) is -0.340. The fourth-order valence-electron chi connectivity index (χ4n) is 4.69. The molecule has 0 bridgehead atoms. The van der Waals surface area contributed by atoms with E-state index in [1.165, 1.54) is 0 Å². The molecule has 0 fully saturated rings. The predicted molar refractivity (Wildman–Crippen MR) is 159 cm³/mol. The molecule has 0 aromatic heterocycles. The van der Waals surface area contributed by atoms with E-state index in [-0.39, 0.29) is 24.5 Å².